The van der Waals surface area contributed by atoms with E-state index in [2.05, 4.69) is 30.1 Å². The minimum Gasteiger partial charge on any atom is -0.497 e. The molecule has 0 bridgehead atoms. The summed E-state index contributed by atoms with van der Waals surface area (Å²) in [6.45, 7) is 9.29. The molecule has 0 unspecified atom stereocenters. The first-order valence-corrected chi connectivity index (χ1v) is 7.94. The fraction of sp³-hybridized carbons (Fsp3) is 0.647. The molecule has 1 N–H and O–H groups in total. The third kappa shape index (κ3) is 5.21. The van der Waals surface area contributed by atoms with Gasteiger partial charge in [-0.15, -0.1) is 0 Å². The Balaban J connectivity index is 1.93. The van der Waals surface area contributed by atoms with Crippen molar-refractivity contribution in [1.29, 1.82) is 0 Å². The number of likely N-dealkylation sites (tertiary alicyclic amines) is 1. The smallest absolute Gasteiger partial charge is 0.127 e. The van der Waals surface area contributed by atoms with Gasteiger partial charge < -0.3 is 14.8 Å². The Labute approximate surface area is 128 Å². The topological polar surface area (TPSA) is 33.7 Å². The third-order valence-corrected chi connectivity index (χ3v) is 3.84. The standard InChI is InChI=1S/C17H28N2O2/c1-14(2)18-13-15-6-7-16(20-3)12-17(15)21-11-10-19-8-4-5-9-19/h6-7,12,14,18H,4-5,8-11,13H2,1-3H3. The first-order valence-electron chi connectivity index (χ1n) is 7.94. The molecule has 4 nitrogen and oxygen atoms in total. The van der Waals surface area contributed by atoms with Gasteiger partial charge in [0, 0.05) is 30.8 Å². The van der Waals surface area contributed by atoms with Gasteiger partial charge in [0.15, 0.2) is 0 Å². The second kappa shape index (κ2) is 8.25. The van der Waals surface area contributed by atoms with Gasteiger partial charge in [-0.25, -0.2) is 0 Å². The van der Waals surface area contributed by atoms with Crippen molar-refractivity contribution < 1.29 is 9.47 Å². The monoisotopic (exact) mass is 292 g/mol. The lowest BCUT2D eigenvalue weighted by atomic mass is 10.2. The number of hydrogen-bond acceptors (Lipinski definition) is 4. The first kappa shape index (κ1) is 16.1. The van der Waals surface area contributed by atoms with E-state index in [1.165, 1.54) is 31.5 Å². The molecular weight excluding hydrogens is 264 g/mol. The lowest BCUT2D eigenvalue weighted by Gasteiger charge is -2.18. The zero-order valence-electron chi connectivity index (χ0n) is 13.5. The quantitative estimate of drug-likeness (QED) is 0.799. The van der Waals surface area contributed by atoms with Crippen molar-refractivity contribution in [3.8, 4) is 11.5 Å². The lowest BCUT2D eigenvalue weighted by molar-refractivity contribution is 0.235. The van der Waals surface area contributed by atoms with E-state index in [1.807, 2.05) is 12.1 Å². The molecule has 2 rings (SSSR count). The van der Waals surface area contributed by atoms with Gasteiger partial charge in [0.2, 0.25) is 0 Å². The van der Waals surface area contributed by atoms with Crippen LogP contribution in [0.4, 0.5) is 0 Å². The molecular formula is C17H28N2O2. The molecule has 0 aliphatic carbocycles. The van der Waals surface area contributed by atoms with Crippen molar-refractivity contribution in [1.82, 2.24) is 10.2 Å². The van der Waals surface area contributed by atoms with Gasteiger partial charge in [0.25, 0.3) is 0 Å². The van der Waals surface area contributed by atoms with E-state index >= 15 is 0 Å². The van der Waals surface area contributed by atoms with Crippen LogP contribution in [-0.4, -0.2) is 44.3 Å². The maximum Gasteiger partial charge on any atom is 0.127 e. The molecule has 1 aliphatic heterocycles. The highest BCUT2D eigenvalue weighted by Gasteiger charge is 2.12. The summed E-state index contributed by atoms with van der Waals surface area (Å²) in [5.74, 6) is 1.78. The molecule has 0 atom stereocenters. The molecule has 0 radical (unpaired) electrons. The molecule has 0 amide bonds. The van der Waals surface area contributed by atoms with Gasteiger partial charge in [0.1, 0.15) is 18.1 Å². The summed E-state index contributed by atoms with van der Waals surface area (Å²) >= 11 is 0. The maximum absolute atomic E-state index is 6.01. The number of methoxy groups -OCH3 is 1. The van der Waals surface area contributed by atoms with Crippen LogP contribution < -0.4 is 14.8 Å². The predicted octanol–water partition coefficient (Wildman–Crippen LogP) is 2.67. The van der Waals surface area contributed by atoms with Gasteiger partial charge in [0.05, 0.1) is 7.11 Å². The highest BCUT2D eigenvalue weighted by atomic mass is 16.5. The third-order valence-electron chi connectivity index (χ3n) is 3.84. The second-order valence-electron chi connectivity index (χ2n) is 5.91. The van der Waals surface area contributed by atoms with Crippen molar-refractivity contribution in [2.45, 2.75) is 39.3 Å². The Bertz CT molecular complexity index is 429. The second-order valence-corrected chi connectivity index (χ2v) is 5.91. The summed E-state index contributed by atoms with van der Waals surface area (Å²) in [6.07, 6.45) is 2.64. The lowest BCUT2D eigenvalue weighted by Crippen LogP contribution is -2.26. The van der Waals surface area contributed by atoms with Crippen LogP contribution in [0, 0.1) is 0 Å². The Kier molecular flexibility index (Phi) is 6.33. The zero-order valence-corrected chi connectivity index (χ0v) is 13.5. The van der Waals surface area contributed by atoms with E-state index in [4.69, 9.17) is 9.47 Å². The molecule has 1 heterocycles. The number of benzene rings is 1. The fourth-order valence-electron chi connectivity index (χ4n) is 2.55. The number of nitrogens with one attached hydrogen (secondary N) is 1. The zero-order chi connectivity index (χ0) is 15.1. The van der Waals surface area contributed by atoms with Crippen LogP contribution >= 0.6 is 0 Å². The van der Waals surface area contributed by atoms with Gasteiger partial charge in [-0.2, -0.15) is 0 Å². The molecule has 1 aromatic rings. The van der Waals surface area contributed by atoms with E-state index < -0.39 is 0 Å². The highest BCUT2D eigenvalue weighted by molar-refractivity contribution is 5.40. The SMILES string of the molecule is COc1ccc(CNC(C)C)c(OCCN2CCCC2)c1. The predicted molar refractivity (Wildman–Crippen MR) is 86.1 cm³/mol. The summed E-state index contributed by atoms with van der Waals surface area (Å²) in [5.41, 5.74) is 1.19. The van der Waals surface area contributed by atoms with Crippen molar-refractivity contribution in [3.05, 3.63) is 23.8 Å². The van der Waals surface area contributed by atoms with Gasteiger partial charge in [-0.1, -0.05) is 19.9 Å². The van der Waals surface area contributed by atoms with E-state index in [-0.39, 0.29) is 0 Å². The van der Waals surface area contributed by atoms with Crippen LogP contribution in [0.5, 0.6) is 11.5 Å². The summed E-state index contributed by atoms with van der Waals surface area (Å²) in [7, 11) is 1.69. The van der Waals surface area contributed by atoms with Crippen LogP contribution in [-0.2, 0) is 6.54 Å². The van der Waals surface area contributed by atoms with Crippen LogP contribution in [0.25, 0.3) is 0 Å². The number of hydrogen-bond donors (Lipinski definition) is 1. The molecule has 21 heavy (non-hydrogen) atoms. The van der Waals surface area contributed by atoms with E-state index in [1.54, 1.807) is 7.11 Å². The van der Waals surface area contributed by atoms with Gasteiger partial charge in [-0.3, -0.25) is 4.90 Å². The van der Waals surface area contributed by atoms with Crippen molar-refractivity contribution in [3.63, 3.8) is 0 Å². The molecule has 0 saturated carbocycles. The van der Waals surface area contributed by atoms with Crippen LogP contribution in [0.15, 0.2) is 18.2 Å². The number of ether oxygens (including phenoxy) is 2. The number of nitrogens with zero attached hydrogens (tertiary/aromatic N) is 1. The van der Waals surface area contributed by atoms with Crippen LogP contribution in [0.2, 0.25) is 0 Å². The van der Waals surface area contributed by atoms with Gasteiger partial charge in [-0.05, 0) is 32.0 Å². The largest absolute Gasteiger partial charge is 0.497 e. The average molecular weight is 292 g/mol. The van der Waals surface area contributed by atoms with Gasteiger partial charge >= 0.3 is 0 Å². The summed E-state index contributed by atoms with van der Waals surface area (Å²) in [4.78, 5) is 2.46. The Morgan fingerprint density at radius 1 is 1.24 bits per heavy atom. The van der Waals surface area contributed by atoms with E-state index in [0.717, 1.165) is 31.2 Å². The van der Waals surface area contributed by atoms with Crippen molar-refractivity contribution in [2.24, 2.45) is 0 Å². The summed E-state index contributed by atoms with van der Waals surface area (Å²) in [6, 6.07) is 6.52. The Morgan fingerprint density at radius 3 is 2.67 bits per heavy atom. The van der Waals surface area contributed by atoms with E-state index in [0.29, 0.717) is 6.04 Å². The summed E-state index contributed by atoms with van der Waals surface area (Å²) < 4.78 is 11.3. The van der Waals surface area contributed by atoms with Crippen molar-refractivity contribution in [2.75, 3.05) is 33.4 Å². The molecule has 4 heteroatoms. The molecule has 1 saturated heterocycles. The molecule has 1 aromatic carbocycles. The fourth-order valence-corrected chi connectivity index (χ4v) is 2.55. The molecule has 0 spiro atoms. The Morgan fingerprint density at radius 2 is 2.00 bits per heavy atom. The summed E-state index contributed by atoms with van der Waals surface area (Å²) in [5, 5.41) is 3.44. The minimum absolute atomic E-state index is 0.463. The Hall–Kier alpha value is -1.26. The van der Waals surface area contributed by atoms with E-state index in [9.17, 15) is 0 Å². The molecule has 0 aromatic heterocycles. The minimum atomic E-state index is 0.463. The molecule has 118 valence electrons. The van der Waals surface area contributed by atoms with Crippen molar-refractivity contribution >= 4 is 0 Å². The number of rotatable bonds is 8. The van der Waals surface area contributed by atoms with Crippen LogP contribution in [0.1, 0.15) is 32.3 Å². The van der Waals surface area contributed by atoms with Crippen LogP contribution in [0.3, 0.4) is 0 Å². The first-order chi connectivity index (χ1) is 10.2. The average Bonchev–Trinajstić information content (AvgIpc) is 2.99. The normalized spacial score (nSPS) is 15.6. The molecule has 1 fully saturated rings. The molecule has 1 aliphatic rings. The highest BCUT2D eigenvalue weighted by Crippen LogP contribution is 2.25. The maximum atomic E-state index is 6.01.